The number of hydrogen-bond donors (Lipinski definition) is 4. The molecule has 3 rings (SSSR count). The maximum atomic E-state index is 12.9. The Balaban J connectivity index is 1.76. The van der Waals surface area contributed by atoms with Crippen LogP contribution in [0.4, 0.5) is 5.95 Å². The summed E-state index contributed by atoms with van der Waals surface area (Å²) in [7, 11) is 0. The van der Waals surface area contributed by atoms with Crippen LogP contribution >= 0.6 is 0 Å². The Morgan fingerprint density at radius 2 is 2.30 bits per heavy atom. The molecule has 2 aromatic rings. The second kappa shape index (κ2) is 10.4. The van der Waals surface area contributed by atoms with E-state index in [1.807, 2.05) is 6.92 Å². The van der Waals surface area contributed by atoms with Gasteiger partial charge in [-0.3, -0.25) is 14.8 Å². The molecule has 12 nitrogen and oxygen atoms in total. The van der Waals surface area contributed by atoms with Crippen LogP contribution in [0, 0.1) is 5.92 Å². The molecule has 0 bridgehead atoms. The van der Waals surface area contributed by atoms with Crippen LogP contribution < -0.4 is 16.2 Å². The molecule has 0 aromatic carbocycles. The number of carbonyl (C=O) groups is 2. The van der Waals surface area contributed by atoms with Gasteiger partial charge in [0.1, 0.15) is 17.4 Å². The molecule has 5 N–H and O–H groups in total. The van der Waals surface area contributed by atoms with Gasteiger partial charge in [0.15, 0.2) is 5.65 Å². The van der Waals surface area contributed by atoms with E-state index in [0.29, 0.717) is 41.6 Å². The first kappa shape index (κ1) is 22.0. The van der Waals surface area contributed by atoms with Gasteiger partial charge in [-0.1, -0.05) is 26.2 Å². The van der Waals surface area contributed by atoms with Gasteiger partial charge in [0.25, 0.3) is 0 Å². The van der Waals surface area contributed by atoms with Crippen LogP contribution in [0.15, 0.2) is 6.20 Å². The van der Waals surface area contributed by atoms with Gasteiger partial charge in [-0.15, -0.1) is 0 Å². The maximum Gasteiger partial charge on any atom is 0.249 e. The van der Waals surface area contributed by atoms with Crippen molar-refractivity contribution in [1.82, 2.24) is 30.3 Å². The minimum Gasteiger partial charge on any atom is -0.368 e. The van der Waals surface area contributed by atoms with Crippen LogP contribution in [0.5, 0.6) is 0 Å². The van der Waals surface area contributed by atoms with Crippen LogP contribution in [0.3, 0.4) is 0 Å². The van der Waals surface area contributed by atoms with E-state index in [1.54, 1.807) is 0 Å². The molecule has 2 atom stereocenters. The van der Waals surface area contributed by atoms with Gasteiger partial charge in [0.2, 0.25) is 18.3 Å². The number of H-pyrrole nitrogens is 1. The molecule has 3 heterocycles. The number of unbranched alkanes of at least 4 members (excludes halogenated alkanes) is 2. The number of carbonyl (C=O) groups excluding carboxylic acids is 2. The summed E-state index contributed by atoms with van der Waals surface area (Å²) in [5.41, 5.74) is 0.970. The molecule has 12 heteroatoms. The lowest BCUT2D eigenvalue weighted by Crippen LogP contribution is -2.45. The molecule has 0 saturated carbocycles. The molecule has 30 heavy (non-hydrogen) atoms. The molecule has 1 aliphatic rings. The van der Waals surface area contributed by atoms with E-state index in [9.17, 15) is 14.8 Å². The van der Waals surface area contributed by atoms with Gasteiger partial charge < -0.3 is 15.0 Å². The number of amides is 2. The van der Waals surface area contributed by atoms with Gasteiger partial charge in [-0.05, 0) is 6.42 Å². The molecule has 1 aliphatic heterocycles. The molecule has 0 radical (unpaired) electrons. The molecule has 0 spiro atoms. The number of hydrogen-bond acceptors (Lipinski definition) is 9. The van der Waals surface area contributed by atoms with Crippen molar-refractivity contribution < 1.29 is 19.5 Å². The first-order valence-electron chi connectivity index (χ1n) is 10.1. The van der Waals surface area contributed by atoms with E-state index < -0.39 is 11.8 Å². The average molecular weight is 420 g/mol. The summed E-state index contributed by atoms with van der Waals surface area (Å²) >= 11 is 0. The van der Waals surface area contributed by atoms with Crippen molar-refractivity contribution in [2.24, 2.45) is 11.8 Å². The predicted molar refractivity (Wildman–Crippen MR) is 107 cm³/mol. The fourth-order valence-corrected chi connectivity index (χ4v) is 3.32. The second-order valence-electron chi connectivity index (χ2n) is 7.22. The Kier molecular flexibility index (Phi) is 7.63. The number of morpholine rings is 1. The third-order valence-corrected chi connectivity index (χ3v) is 4.97. The van der Waals surface area contributed by atoms with E-state index in [0.717, 1.165) is 30.8 Å². The number of rotatable bonds is 10. The summed E-state index contributed by atoms with van der Waals surface area (Å²) in [4.78, 5) is 39.7. The molecule has 1 unspecified atom stereocenters. The number of hydroxylamine groups is 2. The fraction of sp³-hybridized carbons (Fsp3) is 0.611. The zero-order chi connectivity index (χ0) is 21.5. The Morgan fingerprint density at radius 3 is 3.00 bits per heavy atom. The number of aromatic amines is 1. The molecule has 1 saturated heterocycles. The molecule has 1 fully saturated rings. The van der Waals surface area contributed by atoms with Gasteiger partial charge in [0.05, 0.1) is 25.3 Å². The number of ether oxygens (including phenoxy) is 1. The maximum absolute atomic E-state index is 12.9. The third kappa shape index (κ3) is 5.27. The zero-order valence-electron chi connectivity index (χ0n) is 17.0. The van der Waals surface area contributed by atoms with Crippen molar-refractivity contribution in [1.29, 1.82) is 0 Å². The average Bonchev–Trinajstić information content (AvgIpc) is 3.21. The summed E-state index contributed by atoms with van der Waals surface area (Å²) in [6, 6.07) is 0. The van der Waals surface area contributed by atoms with Crippen molar-refractivity contribution >= 4 is 29.4 Å². The van der Waals surface area contributed by atoms with Gasteiger partial charge in [0, 0.05) is 13.1 Å². The lowest BCUT2D eigenvalue weighted by Gasteiger charge is -2.23. The monoisotopic (exact) mass is 420 g/mol. The van der Waals surface area contributed by atoms with E-state index >= 15 is 0 Å². The number of aromatic nitrogens is 4. The molecule has 0 aliphatic carbocycles. The van der Waals surface area contributed by atoms with Crippen LogP contribution in [0.1, 0.15) is 44.5 Å². The molecule has 2 amide bonds. The molecular formula is C18H28N8O4. The van der Waals surface area contributed by atoms with Crippen LogP contribution in [0.25, 0.3) is 11.2 Å². The van der Waals surface area contributed by atoms with Gasteiger partial charge >= 0.3 is 0 Å². The van der Waals surface area contributed by atoms with Gasteiger partial charge in [-0.25, -0.2) is 25.9 Å². The SMILES string of the molecule is CCCCCC(CN(O)C=O)C(=O)N(N)c1ncc2[nH]c([C@H]3CNCCO3)nc2n1. The largest absolute Gasteiger partial charge is 0.368 e. The summed E-state index contributed by atoms with van der Waals surface area (Å²) in [5, 5.41) is 14.1. The van der Waals surface area contributed by atoms with Crippen molar-refractivity contribution in [3.63, 3.8) is 0 Å². The summed E-state index contributed by atoms with van der Waals surface area (Å²) in [5.74, 6) is 5.45. The quantitative estimate of drug-likeness (QED) is 0.105. The second-order valence-corrected chi connectivity index (χ2v) is 7.22. The Hall–Kier alpha value is -2.67. The Bertz CT molecular complexity index is 854. The zero-order valence-corrected chi connectivity index (χ0v) is 17.0. The standard InChI is InChI=1S/C18H28N8O4/c1-2-3-4-5-12(10-25(29)11-27)17(28)26(19)18-21-8-13-15(24-18)23-16(22-13)14-9-20-6-7-30-14/h8,11-12,14,20,29H,2-7,9-10,19H2,1H3,(H,21,22,23,24)/t12?,14-/m1/s1. The highest BCUT2D eigenvalue weighted by molar-refractivity contribution is 5.93. The lowest BCUT2D eigenvalue weighted by molar-refractivity contribution is -0.154. The highest BCUT2D eigenvalue weighted by Gasteiger charge is 2.27. The molecule has 2 aromatic heterocycles. The number of fused-ring (bicyclic) bond motifs is 1. The minimum atomic E-state index is -0.674. The number of imidazole rings is 1. The van der Waals surface area contributed by atoms with Crippen molar-refractivity contribution in [2.45, 2.75) is 38.7 Å². The van der Waals surface area contributed by atoms with Gasteiger partial charge in [-0.2, -0.15) is 4.98 Å². The van der Waals surface area contributed by atoms with E-state index in [4.69, 9.17) is 10.6 Å². The summed E-state index contributed by atoms with van der Waals surface area (Å²) in [6.07, 6.45) is 4.71. The van der Waals surface area contributed by atoms with Crippen molar-refractivity contribution in [2.75, 3.05) is 31.3 Å². The van der Waals surface area contributed by atoms with E-state index in [2.05, 4.69) is 25.3 Å². The third-order valence-electron chi connectivity index (χ3n) is 4.97. The van der Waals surface area contributed by atoms with Crippen molar-refractivity contribution in [3.05, 3.63) is 12.0 Å². The van der Waals surface area contributed by atoms with Crippen LogP contribution in [-0.4, -0.2) is 68.8 Å². The van der Waals surface area contributed by atoms with E-state index in [-0.39, 0.29) is 25.0 Å². The Labute approximate surface area is 173 Å². The topological polar surface area (TPSA) is 163 Å². The first-order chi connectivity index (χ1) is 14.5. The van der Waals surface area contributed by atoms with Crippen LogP contribution in [0.2, 0.25) is 0 Å². The number of hydrazine groups is 1. The number of nitrogens with one attached hydrogen (secondary N) is 2. The number of anilines is 1. The first-order valence-corrected chi connectivity index (χ1v) is 10.1. The fourth-order valence-electron chi connectivity index (χ4n) is 3.32. The number of nitrogens with two attached hydrogens (primary N) is 1. The highest BCUT2D eigenvalue weighted by Crippen LogP contribution is 2.21. The minimum absolute atomic E-state index is 0.00989. The summed E-state index contributed by atoms with van der Waals surface area (Å²) < 4.78 is 5.68. The normalized spacial score (nSPS) is 17.6. The lowest BCUT2D eigenvalue weighted by atomic mass is 10.00. The molecular weight excluding hydrogens is 392 g/mol. The summed E-state index contributed by atoms with van der Waals surface area (Å²) in [6.45, 7) is 3.91. The number of nitrogens with zero attached hydrogens (tertiary/aromatic N) is 5. The van der Waals surface area contributed by atoms with Crippen molar-refractivity contribution in [3.8, 4) is 0 Å². The van der Waals surface area contributed by atoms with Crippen LogP contribution in [-0.2, 0) is 14.3 Å². The smallest absolute Gasteiger partial charge is 0.249 e. The van der Waals surface area contributed by atoms with E-state index in [1.165, 1.54) is 6.20 Å². The predicted octanol–water partition coefficient (Wildman–Crippen LogP) is 0.265. The highest BCUT2D eigenvalue weighted by atomic mass is 16.5. The Morgan fingerprint density at radius 1 is 1.47 bits per heavy atom. The molecule has 164 valence electrons.